The molecule has 6 nitrogen and oxygen atoms in total. The van der Waals surface area contributed by atoms with Gasteiger partial charge in [0.2, 0.25) is 0 Å². The highest BCUT2D eigenvalue weighted by Gasteiger charge is 2.13. The molecule has 0 saturated carbocycles. The summed E-state index contributed by atoms with van der Waals surface area (Å²) in [6, 6.07) is -0.244. The number of nitrogens with one attached hydrogen (secondary N) is 2. The van der Waals surface area contributed by atoms with E-state index in [9.17, 15) is 9.59 Å². The number of rotatable bonds is 4. The van der Waals surface area contributed by atoms with Crippen molar-refractivity contribution in [1.82, 2.24) is 10.2 Å². The molecule has 0 aliphatic rings. The number of hydrogen-bond donors (Lipinski definition) is 3. The zero-order valence-corrected chi connectivity index (χ0v) is 8.57. The van der Waals surface area contributed by atoms with Crippen molar-refractivity contribution in [2.24, 2.45) is 0 Å². The first-order valence-corrected chi connectivity index (χ1v) is 4.52. The zero-order chi connectivity index (χ0) is 11.4. The Morgan fingerprint density at radius 1 is 1.73 bits per heavy atom. The summed E-state index contributed by atoms with van der Waals surface area (Å²) in [5.41, 5.74) is -0.157. The van der Waals surface area contributed by atoms with Crippen molar-refractivity contribution in [3.8, 4) is 0 Å². The molecule has 1 aromatic rings. The minimum absolute atomic E-state index is 0.0327. The minimum Gasteiger partial charge on any atom is -0.394 e. The fourth-order valence-corrected chi connectivity index (χ4v) is 1.17. The second-order valence-corrected chi connectivity index (χ2v) is 3.27. The lowest BCUT2D eigenvalue weighted by atomic mass is 10.1. The molecule has 0 spiro atoms. The third-order valence-corrected chi connectivity index (χ3v) is 1.88. The third-order valence-electron chi connectivity index (χ3n) is 1.88. The van der Waals surface area contributed by atoms with Crippen molar-refractivity contribution in [2.75, 3.05) is 11.9 Å². The molecule has 0 fully saturated rings. The van der Waals surface area contributed by atoms with Crippen molar-refractivity contribution < 1.29 is 9.90 Å². The van der Waals surface area contributed by atoms with E-state index in [-0.39, 0.29) is 24.0 Å². The van der Waals surface area contributed by atoms with E-state index in [0.29, 0.717) is 5.69 Å². The van der Waals surface area contributed by atoms with Gasteiger partial charge in [-0.2, -0.15) is 5.10 Å². The molecular formula is C9H13N3O3. The summed E-state index contributed by atoms with van der Waals surface area (Å²) in [5.74, 6) is -0.341. The maximum absolute atomic E-state index is 11.3. The smallest absolute Gasteiger partial charge is 0.277 e. The lowest BCUT2D eigenvalue weighted by Gasteiger charge is -2.13. The predicted octanol–water partition coefficient (Wildman–Crippen LogP) is -0.235. The van der Waals surface area contributed by atoms with Crippen LogP contribution in [-0.2, 0) is 0 Å². The molecule has 0 radical (unpaired) electrons. The van der Waals surface area contributed by atoms with Crippen LogP contribution in [0.15, 0.2) is 11.0 Å². The van der Waals surface area contributed by atoms with Crippen molar-refractivity contribution in [1.29, 1.82) is 0 Å². The quantitative estimate of drug-likeness (QED) is 0.598. The fraction of sp³-hybridized carbons (Fsp3) is 0.444. The Morgan fingerprint density at radius 2 is 2.40 bits per heavy atom. The second-order valence-electron chi connectivity index (χ2n) is 3.27. The highest BCUT2D eigenvalue weighted by Crippen LogP contribution is 2.10. The number of carbonyl (C=O) groups excluding carboxylic acids is 1. The fourth-order valence-electron chi connectivity index (χ4n) is 1.17. The summed E-state index contributed by atoms with van der Waals surface area (Å²) in [6.07, 6.45) is 1.35. The van der Waals surface area contributed by atoms with E-state index < -0.39 is 5.56 Å². The van der Waals surface area contributed by atoms with Crippen LogP contribution in [0.25, 0.3) is 0 Å². The third kappa shape index (κ3) is 2.63. The number of aromatic amines is 1. The van der Waals surface area contributed by atoms with E-state index in [1.165, 1.54) is 13.1 Å². The zero-order valence-electron chi connectivity index (χ0n) is 8.57. The molecule has 1 heterocycles. The number of aromatic nitrogens is 2. The molecule has 0 aliphatic carbocycles. The van der Waals surface area contributed by atoms with Crippen molar-refractivity contribution >= 4 is 11.5 Å². The van der Waals surface area contributed by atoms with Crippen LogP contribution in [0.2, 0.25) is 0 Å². The molecule has 0 unspecified atom stereocenters. The number of nitrogens with zero attached hydrogens (tertiary/aromatic N) is 1. The van der Waals surface area contributed by atoms with Crippen LogP contribution in [0.3, 0.4) is 0 Å². The Balaban J connectivity index is 3.12. The van der Waals surface area contributed by atoms with Crippen molar-refractivity contribution in [3.63, 3.8) is 0 Å². The highest BCUT2D eigenvalue weighted by atomic mass is 16.3. The summed E-state index contributed by atoms with van der Waals surface area (Å²) in [7, 11) is 0. The Hall–Kier alpha value is -1.69. The molecule has 1 aromatic heterocycles. The normalized spacial score (nSPS) is 12.2. The van der Waals surface area contributed by atoms with Crippen LogP contribution < -0.4 is 10.9 Å². The summed E-state index contributed by atoms with van der Waals surface area (Å²) in [5, 5.41) is 17.4. The molecule has 0 amide bonds. The van der Waals surface area contributed by atoms with E-state index in [1.807, 2.05) is 0 Å². The van der Waals surface area contributed by atoms with E-state index in [1.54, 1.807) is 6.92 Å². The lowest BCUT2D eigenvalue weighted by Crippen LogP contribution is -2.25. The highest BCUT2D eigenvalue weighted by molar-refractivity contribution is 5.98. The first kappa shape index (κ1) is 11.4. The Labute approximate surface area is 86.3 Å². The number of H-pyrrole nitrogens is 1. The molecule has 0 saturated heterocycles. The van der Waals surface area contributed by atoms with Gasteiger partial charge in [-0.3, -0.25) is 9.59 Å². The standard InChI is InChI=1S/C9H13N3O3/c1-5(4-13)11-7-3-10-12-9(15)8(7)6(2)14/h3,5,13H,4H2,1-2H3,(H2,11,12,15)/t5-/m1/s1. The number of ketones is 1. The van der Waals surface area contributed by atoms with Gasteiger partial charge in [-0.25, -0.2) is 5.10 Å². The monoisotopic (exact) mass is 211 g/mol. The van der Waals surface area contributed by atoms with Crippen LogP contribution >= 0.6 is 0 Å². The Kier molecular flexibility index (Phi) is 3.56. The predicted molar refractivity (Wildman–Crippen MR) is 55.0 cm³/mol. The molecule has 15 heavy (non-hydrogen) atoms. The summed E-state index contributed by atoms with van der Waals surface area (Å²) in [4.78, 5) is 22.5. The minimum atomic E-state index is -0.530. The number of Topliss-reactive ketones (excluding diaryl/α,β-unsaturated/α-hetero) is 1. The van der Waals surface area contributed by atoms with Crippen LogP contribution in [0, 0.1) is 0 Å². The Bertz CT molecular complexity index is 413. The van der Waals surface area contributed by atoms with Gasteiger partial charge in [-0.05, 0) is 13.8 Å². The number of anilines is 1. The van der Waals surface area contributed by atoms with Crippen LogP contribution in [0.1, 0.15) is 24.2 Å². The maximum Gasteiger partial charge on any atom is 0.277 e. The first-order valence-electron chi connectivity index (χ1n) is 4.52. The number of aliphatic hydroxyl groups is 1. The number of hydrogen-bond acceptors (Lipinski definition) is 5. The summed E-state index contributed by atoms with van der Waals surface area (Å²) >= 11 is 0. The largest absolute Gasteiger partial charge is 0.394 e. The van der Waals surface area contributed by atoms with Gasteiger partial charge in [-0.1, -0.05) is 0 Å². The number of aliphatic hydroxyl groups excluding tert-OH is 1. The topological polar surface area (TPSA) is 95.1 Å². The van der Waals surface area contributed by atoms with E-state index in [4.69, 9.17) is 5.11 Å². The van der Waals surface area contributed by atoms with Crippen molar-refractivity contribution in [2.45, 2.75) is 19.9 Å². The molecule has 6 heteroatoms. The van der Waals surface area contributed by atoms with Gasteiger partial charge < -0.3 is 10.4 Å². The molecule has 0 aromatic carbocycles. The van der Waals surface area contributed by atoms with Crippen LogP contribution in [0.4, 0.5) is 5.69 Å². The Morgan fingerprint density at radius 3 is 2.93 bits per heavy atom. The summed E-state index contributed by atoms with van der Waals surface area (Å²) < 4.78 is 0. The molecule has 1 rings (SSSR count). The second kappa shape index (κ2) is 4.70. The van der Waals surface area contributed by atoms with E-state index >= 15 is 0 Å². The SMILES string of the molecule is CC(=O)c1c(N[C@H](C)CO)cn[nH]c1=O. The molecule has 82 valence electrons. The van der Waals surface area contributed by atoms with E-state index in [0.717, 1.165) is 0 Å². The average Bonchev–Trinajstić information content (AvgIpc) is 2.17. The van der Waals surface area contributed by atoms with Gasteiger partial charge in [0.25, 0.3) is 5.56 Å². The molecule has 0 aliphatic heterocycles. The maximum atomic E-state index is 11.3. The van der Waals surface area contributed by atoms with Gasteiger partial charge in [0, 0.05) is 6.04 Å². The molecule has 1 atom stereocenters. The molecule has 3 N–H and O–H groups in total. The van der Waals surface area contributed by atoms with Gasteiger partial charge in [-0.15, -0.1) is 0 Å². The van der Waals surface area contributed by atoms with Crippen LogP contribution in [0.5, 0.6) is 0 Å². The number of carbonyl (C=O) groups is 1. The molecular weight excluding hydrogens is 198 g/mol. The van der Waals surface area contributed by atoms with E-state index in [2.05, 4.69) is 15.5 Å². The van der Waals surface area contributed by atoms with Gasteiger partial charge in [0.15, 0.2) is 5.78 Å². The summed E-state index contributed by atoms with van der Waals surface area (Å²) in [6.45, 7) is 2.94. The van der Waals surface area contributed by atoms with Crippen molar-refractivity contribution in [3.05, 3.63) is 22.1 Å². The first-order chi connectivity index (χ1) is 7.06. The average molecular weight is 211 g/mol. The van der Waals surface area contributed by atoms with Crippen LogP contribution in [-0.4, -0.2) is 33.7 Å². The lowest BCUT2D eigenvalue weighted by molar-refractivity contribution is 0.101. The van der Waals surface area contributed by atoms with Gasteiger partial charge >= 0.3 is 0 Å². The van der Waals surface area contributed by atoms with Gasteiger partial charge in [0.05, 0.1) is 18.5 Å². The molecule has 0 bridgehead atoms. The van der Waals surface area contributed by atoms with Gasteiger partial charge in [0.1, 0.15) is 5.56 Å².